The van der Waals surface area contributed by atoms with Crippen molar-refractivity contribution < 1.29 is 25.2 Å². The van der Waals surface area contributed by atoms with Gasteiger partial charge in [-0.05, 0) is 51.4 Å². The Bertz CT molecular complexity index is 653. The van der Waals surface area contributed by atoms with Crippen LogP contribution in [0.3, 0.4) is 0 Å². The Kier molecular flexibility index (Phi) is 31.3. The first kappa shape index (κ1) is 41.8. The number of aliphatic hydroxyl groups excluding tert-OH is 4. The number of aliphatic hydroxyl groups is 4. The van der Waals surface area contributed by atoms with Crippen molar-refractivity contribution in [2.24, 2.45) is 0 Å². The standard InChI is InChI=1S/C37H71NO5/c1-3-5-7-9-11-13-15-16-17-18-19-21-22-24-26-28-30-34(40)36(42)33(32-39)38-37(43)35(41)31-29-27-25-23-20-14-12-10-8-6-4-2/h17-18,22,24,33-36,39-42H,3-16,19-21,23,25-32H2,1-2H3,(H,38,43)/b18-17+,24-22+. The van der Waals surface area contributed by atoms with E-state index in [9.17, 15) is 25.2 Å². The molecule has 0 saturated carbocycles. The van der Waals surface area contributed by atoms with Crippen molar-refractivity contribution in [2.45, 2.75) is 199 Å². The number of allylic oxidation sites excluding steroid dienone is 4. The lowest BCUT2D eigenvalue weighted by Crippen LogP contribution is -2.53. The van der Waals surface area contributed by atoms with Gasteiger partial charge >= 0.3 is 0 Å². The van der Waals surface area contributed by atoms with Crippen molar-refractivity contribution in [1.82, 2.24) is 5.32 Å². The topological polar surface area (TPSA) is 110 Å². The number of carbonyl (C=O) groups excluding carboxylic acids is 1. The first-order chi connectivity index (χ1) is 21.0. The molecule has 0 aromatic carbocycles. The normalized spacial score (nSPS) is 14.8. The second kappa shape index (κ2) is 32.2. The van der Waals surface area contributed by atoms with Crippen molar-refractivity contribution in [2.75, 3.05) is 6.61 Å². The zero-order chi connectivity index (χ0) is 31.8. The summed E-state index contributed by atoms with van der Waals surface area (Å²) >= 11 is 0. The fraction of sp³-hybridized carbons (Fsp3) is 0.865. The number of amides is 1. The Balaban J connectivity index is 3.90. The van der Waals surface area contributed by atoms with Crippen LogP contribution >= 0.6 is 0 Å². The zero-order valence-corrected chi connectivity index (χ0v) is 28.2. The summed E-state index contributed by atoms with van der Waals surface area (Å²) in [6.07, 6.45) is 33.4. The molecule has 4 unspecified atom stereocenters. The molecule has 43 heavy (non-hydrogen) atoms. The highest BCUT2D eigenvalue weighted by molar-refractivity contribution is 5.80. The molecule has 0 aliphatic carbocycles. The van der Waals surface area contributed by atoms with E-state index in [-0.39, 0.29) is 0 Å². The predicted molar refractivity (Wildman–Crippen MR) is 182 cm³/mol. The van der Waals surface area contributed by atoms with Crippen molar-refractivity contribution >= 4 is 5.91 Å². The van der Waals surface area contributed by atoms with Crippen LogP contribution < -0.4 is 5.32 Å². The van der Waals surface area contributed by atoms with Gasteiger partial charge in [-0.15, -0.1) is 0 Å². The molecule has 4 atom stereocenters. The second-order valence-corrected chi connectivity index (χ2v) is 12.6. The highest BCUT2D eigenvalue weighted by Crippen LogP contribution is 2.14. The van der Waals surface area contributed by atoms with Gasteiger partial charge in [0, 0.05) is 0 Å². The number of hydrogen-bond acceptors (Lipinski definition) is 5. The SMILES string of the molecule is CCCCCCCCC/C=C/CC/C=C/CCCC(O)C(O)C(CO)NC(=O)C(O)CCCCCCCCCCCCC. The van der Waals surface area contributed by atoms with Crippen molar-refractivity contribution in [3.05, 3.63) is 24.3 Å². The average molecular weight is 610 g/mol. The van der Waals surface area contributed by atoms with E-state index in [1.807, 2.05) is 0 Å². The number of unbranched alkanes of at least 4 members (excludes halogenated alkanes) is 19. The zero-order valence-electron chi connectivity index (χ0n) is 28.2. The Morgan fingerprint density at radius 2 is 0.977 bits per heavy atom. The van der Waals surface area contributed by atoms with Gasteiger partial charge in [-0.3, -0.25) is 4.79 Å². The lowest BCUT2D eigenvalue weighted by molar-refractivity contribution is -0.132. The van der Waals surface area contributed by atoms with Gasteiger partial charge in [0.15, 0.2) is 0 Å². The molecule has 0 aromatic heterocycles. The molecule has 0 radical (unpaired) electrons. The molecule has 0 aliphatic heterocycles. The van der Waals surface area contributed by atoms with E-state index >= 15 is 0 Å². The maximum Gasteiger partial charge on any atom is 0.249 e. The van der Waals surface area contributed by atoms with E-state index < -0.39 is 36.9 Å². The van der Waals surface area contributed by atoms with E-state index in [1.165, 1.54) is 103 Å². The Morgan fingerprint density at radius 1 is 0.558 bits per heavy atom. The fourth-order valence-electron chi connectivity index (χ4n) is 5.42. The van der Waals surface area contributed by atoms with Gasteiger partial charge in [0.1, 0.15) is 12.2 Å². The van der Waals surface area contributed by atoms with Crippen LogP contribution in [0.15, 0.2) is 24.3 Å². The first-order valence-electron chi connectivity index (χ1n) is 18.2. The Hall–Kier alpha value is -1.21. The molecule has 6 nitrogen and oxygen atoms in total. The second-order valence-electron chi connectivity index (χ2n) is 12.6. The Labute approximate surface area is 265 Å². The van der Waals surface area contributed by atoms with Crippen molar-refractivity contribution in [3.8, 4) is 0 Å². The summed E-state index contributed by atoms with van der Waals surface area (Å²) in [5.74, 6) is -0.600. The first-order valence-corrected chi connectivity index (χ1v) is 18.2. The molecular formula is C37H71NO5. The van der Waals surface area contributed by atoms with Crippen molar-refractivity contribution in [3.63, 3.8) is 0 Å². The lowest BCUT2D eigenvalue weighted by atomic mass is 10.00. The van der Waals surface area contributed by atoms with Crippen LogP contribution in [0, 0.1) is 0 Å². The molecule has 0 aliphatic rings. The van der Waals surface area contributed by atoms with Gasteiger partial charge in [0.25, 0.3) is 0 Å². The maximum absolute atomic E-state index is 12.4. The molecule has 1 amide bonds. The van der Waals surface area contributed by atoms with Crippen LogP contribution in [-0.2, 0) is 4.79 Å². The van der Waals surface area contributed by atoms with Crippen LogP contribution in [-0.4, -0.2) is 57.3 Å². The van der Waals surface area contributed by atoms with Gasteiger partial charge in [-0.1, -0.05) is 147 Å². The van der Waals surface area contributed by atoms with Crippen LogP contribution in [0.2, 0.25) is 0 Å². The van der Waals surface area contributed by atoms with Crippen LogP contribution in [0.25, 0.3) is 0 Å². The molecule has 0 aromatic rings. The molecule has 0 rings (SSSR count). The third kappa shape index (κ3) is 26.9. The van der Waals surface area contributed by atoms with Crippen LogP contribution in [0.5, 0.6) is 0 Å². The Morgan fingerprint density at radius 3 is 1.47 bits per heavy atom. The summed E-state index contributed by atoms with van der Waals surface area (Å²) in [7, 11) is 0. The maximum atomic E-state index is 12.4. The quantitative estimate of drug-likeness (QED) is 0.0388. The van der Waals surface area contributed by atoms with Gasteiger partial charge in [-0.2, -0.15) is 0 Å². The molecule has 0 bridgehead atoms. The minimum Gasteiger partial charge on any atom is -0.394 e. The fourth-order valence-corrected chi connectivity index (χ4v) is 5.42. The van der Waals surface area contributed by atoms with Crippen LogP contribution in [0.4, 0.5) is 0 Å². The number of hydrogen-bond donors (Lipinski definition) is 5. The number of rotatable bonds is 32. The number of nitrogens with one attached hydrogen (secondary N) is 1. The number of carbonyl (C=O) groups is 1. The van der Waals surface area contributed by atoms with E-state index in [1.54, 1.807) is 0 Å². The van der Waals surface area contributed by atoms with E-state index in [0.717, 1.165) is 38.5 Å². The minimum atomic E-state index is -1.28. The summed E-state index contributed by atoms with van der Waals surface area (Å²) < 4.78 is 0. The highest BCUT2D eigenvalue weighted by atomic mass is 16.3. The monoisotopic (exact) mass is 610 g/mol. The van der Waals surface area contributed by atoms with Gasteiger partial charge < -0.3 is 25.7 Å². The molecule has 0 spiro atoms. The summed E-state index contributed by atoms with van der Waals surface area (Å²) in [5, 5.41) is 43.3. The molecular weight excluding hydrogens is 538 g/mol. The predicted octanol–water partition coefficient (Wildman–Crippen LogP) is 8.45. The third-order valence-electron chi connectivity index (χ3n) is 8.39. The van der Waals surface area contributed by atoms with E-state index in [2.05, 4.69) is 43.5 Å². The molecule has 5 N–H and O–H groups in total. The van der Waals surface area contributed by atoms with Gasteiger partial charge in [0.05, 0.1) is 18.8 Å². The smallest absolute Gasteiger partial charge is 0.249 e. The molecule has 0 fully saturated rings. The summed E-state index contributed by atoms with van der Waals surface area (Å²) in [5.41, 5.74) is 0. The molecule has 6 heteroatoms. The van der Waals surface area contributed by atoms with Gasteiger partial charge in [0.2, 0.25) is 5.91 Å². The highest BCUT2D eigenvalue weighted by Gasteiger charge is 2.28. The summed E-state index contributed by atoms with van der Waals surface area (Å²) in [6.45, 7) is 3.99. The lowest BCUT2D eigenvalue weighted by Gasteiger charge is -2.27. The average Bonchev–Trinajstić information content (AvgIpc) is 3.01. The largest absolute Gasteiger partial charge is 0.394 e. The molecule has 0 saturated heterocycles. The molecule has 254 valence electrons. The van der Waals surface area contributed by atoms with E-state index in [4.69, 9.17) is 0 Å². The summed E-state index contributed by atoms with van der Waals surface area (Å²) in [4.78, 5) is 12.4. The minimum absolute atomic E-state index is 0.362. The third-order valence-corrected chi connectivity index (χ3v) is 8.39. The van der Waals surface area contributed by atoms with Crippen molar-refractivity contribution in [1.29, 1.82) is 0 Å². The van der Waals surface area contributed by atoms with E-state index in [0.29, 0.717) is 19.3 Å². The van der Waals surface area contributed by atoms with Gasteiger partial charge in [-0.25, -0.2) is 0 Å². The molecule has 0 heterocycles. The summed E-state index contributed by atoms with van der Waals surface area (Å²) in [6, 6.07) is -1.00. The van der Waals surface area contributed by atoms with Crippen LogP contribution in [0.1, 0.15) is 174 Å².